The molecule has 0 aliphatic heterocycles. The molecule has 6 nitrogen and oxygen atoms in total. The minimum atomic E-state index is -0.732. The molecule has 1 aromatic heterocycles. The molecule has 1 fully saturated rings. The first-order valence-corrected chi connectivity index (χ1v) is 9.59. The number of nitrogens with zero attached hydrogens (tertiary/aromatic N) is 1. The van der Waals surface area contributed by atoms with Gasteiger partial charge in [0.1, 0.15) is 24.8 Å². The predicted octanol–water partition coefficient (Wildman–Crippen LogP) is 3.47. The molecule has 1 aliphatic carbocycles. The van der Waals surface area contributed by atoms with E-state index in [-0.39, 0.29) is 24.6 Å². The quantitative estimate of drug-likeness (QED) is 0.615. The summed E-state index contributed by atoms with van der Waals surface area (Å²) in [5, 5.41) is 9.94. The monoisotopic (exact) mass is 411 g/mol. The summed E-state index contributed by atoms with van der Waals surface area (Å²) >= 11 is 0. The average molecular weight is 411 g/mol. The third-order valence-electron chi connectivity index (χ3n) is 4.96. The van der Waals surface area contributed by atoms with Crippen molar-refractivity contribution in [3.8, 4) is 22.9 Å². The van der Waals surface area contributed by atoms with E-state index >= 15 is 0 Å². The van der Waals surface area contributed by atoms with Crippen LogP contribution in [-0.2, 0) is 6.61 Å². The summed E-state index contributed by atoms with van der Waals surface area (Å²) in [5.41, 5.74) is 0.412. The van der Waals surface area contributed by atoms with Gasteiger partial charge in [0.2, 0.25) is 0 Å². The molecule has 4 rings (SSSR count). The first kappa shape index (κ1) is 20.0. The fraction of sp³-hybridized carbons (Fsp3) is 0.261. The number of rotatable bonds is 8. The van der Waals surface area contributed by atoms with Crippen LogP contribution in [0.1, 0.15) is 18.4 Å². The SMILES string of the molecule is COc1cc(-n2ccc(OCc3ccc(F)cc3)cc2=O)ccc1OCC1(O)CC1. The van der Waals surface area contributed by atoms with Crippen LogP contribution in [0.15, 0.2) is 65.6 Å². The van der Waals surface area contributed by atoms with Crippen molar-refractivity contribution in [2.45, 2.75) is 25.0 Å². The lowest BCUT2D eigenvalue weighted by Crippen LogP contribution is -2.19. The van der Waals surface area contributed by atoms with Gasteiger partial charge in [-0.05, 0) is 48.7 Å². The predicted molar refractivity (Wildman–Crippen MR) is 109 cm³/mol. The van der Waals surface area contributed by atoms with Gasteiger partial charge in [-0.2, -0.15) is 0 Å². The number of benzene rings is 2. The Labute approximate surface area is 173 Å². The third kappa shape index (κ3) is 4.63. The Bertz CT molecular complexity index is 1090. The van der Waals surface area contributed by atoms with Gasteiger partial charge in [0.05, 0.1) is 18.4 Å². The number of methoxy groups -OCH3 is 1. The molecule has 0 radical (unpaired) electrons. The van der Waals surface area contributed by atoms with Gasteiger partial charge in [-0.15, -0.1) is 0 Å². The van der Waals surface area contributed by atoms with Gasteiger partial charge in [0, 0.05) is 18.3 Å². The average Bonchev–Trinajstić information content (AvgIpc) is 3.49. The summed E-state index contributed by atoms with van der Waals surface area (Å²) in [5.74, 6) is 1.09. The lowest BCUT2D eigenvalue weighted by molar-refractivity contribution is 0.0842. The second kappa shape index (κ2) is 8.20. The van der Waals surface area contributed by atoms with Crippen molar-refractivity contribution < 1.29 is 23.7 Å². The van der Waals surface area contributed by atoms with Crippen LogP contribution in [0.25, 0.3) is 5.69 Å². The second-order valence-corrected chi connectivity index (χ2v) is 7.33. The van der Waals surface area contributed by atoms with Crippen molar-refractivity contribution in [3.63, 3.8) is 0 Å². The molecule has 30 heavy (non-hydrogen) atoms. The van der Waals surface area contributed by atoms with E-state index in [1.54, 1.807) is 42.6 Å². The van der Waals surface area contributed by atoms with Crippen LogP contribution in [-0.4, -0.2) is 29.0 Å². The first-order valence-electron chi connectivity index (χ1n) is 9.59. The van der Waals surface area contributed by atoms with Gasteiger partial charge in [0.15, 0.2) is 11.5 Å². The fourth-order valence-corrected chi connectivity index (χ4v) is 2.94. The number of aromatic nitrogens is 1. The van der Waals surface area contributed by atoms with Crippen LogP contribution in [0.5, 0.6) is 17.2 Å². The Morgan fingerprint density at radius 3 is 2.47 bits per heavy atom. The molecule has 7 heteroatoms. The molecule has 3 aromatic rings. The van der Waals surface area contributed by atoms with E-state index in [0.717, 1.165) is 18.4 Å². The van der Waals surface area contributed by atoms with Crippen molar-refractivity contribution in [1.82, 2.24) is 4.57 Å². The molecule has 0 unspecified atom stereocenters. The summed E-state index contributed by atoms with van der Waals surface area (Å²) in [7, 11) is 1.52. The summed E-state index contributed by atoms with van der Waals surface area (Å²) in [6.07, 6.45) is 3.08. The van der Waals surface area contributed by atoms with Crippen molar-refractivity contribution in [1.29, 1.82) is 0 Å². The van der Waals surface area contributed by atoms with Crippen LogP contribution in [0.3, 0.4) is 0 Å². The van der Waals surface area contributed by atoms with Crippen molar-refractivity contribution in [2.75, 3.05) is 13.7 Å². The van der Waals surface area contributed by atoms with Crippen LogP contribution in [0.2, 0.25) is 0 Å². The molecule has 1 N–H and O–H groups in total. The highest BCUT2D eigenvalue weighted by Crippen LogP contribution is 2.37. The number of aliphatic hydroxyl groups is 1. The zero-order chi connectivity index (χ0) is 21.1. The molecule has 1 aliphatic rings. The molecular weight excluding hydrogens is 389 g/mol. The number of pyridine rings is 1. The maximum Gasteiger partial charge on any atom is 0.258 e. The zero-order valence-electron chi connectivity index (χ0n) is 16.5. The normalized spacial score (nSPS) is 14.2. The molecule has 1 heterocycles. The smallest absolute Gasteiger partial charge is 0.258 e. The summed E-state index contributed by atoms with van der Waals surface area (Å²) < 4.78 is 31.1. The highest BCUT2D eigenvalue weighted by Gasteiger charge is 2.41. The molecule has 1 saturated carbocycles. The summed E-state index contributed by atoms with van der Waals surface area (Å²) in [4.78, 5) is 12.6. The number of halogens is 1. The Morgan fingerprint density at radius 1 is 1.03 bits per heavy atom. The van der Waals surface area contributed by atoms with Crippen LogP contribution in [0.4, 0.5) is 4.39 Å². The standard InChI is InChI=1S/C23H22FNO5/c1-28-21-12-18(6-7-20(21)30-15-23(27)9-10-23)25-11-8-19(13-22(25)26)29-14-16-2-4-17(24)5-3-16/h2-8,11-13,27H,9-10,14-15H2,1H3. The van der Waals surface area contributed by atoms with E-state index in [1.807, 2.05) is 0 Å². The molecule has 0 saturated heterocycles. The maximum atomic E-state index is 13.0. The molecule has 156 valence electrons. The van der Waals surface area contributed by atoms with Gasteiger partial charge >= 0.3 is 0 Å². The van der Waals surface area contributed by atoms with E-state index in [0.29, 0.717) is 22.9 Å². The van der Waals surface area contributed by atoms with Gasteiger partial charge in [-0.3, -0.25) is 9.36 Å². The highest BCUT2D eigenvalue weighted by molar-refractivity contribution is 5.49. The molecular formula is C23H22FNO5. The van der Waals surface area contributed by atoms with Gasteiger partial charge in [-0.1, -0.05) is 12.1 Å². The van der Waals surface area contributed by atoms with Crippen molar-refractivity contribution >= 4 is 0 Å². The topological polar surface area (TPSA) is 69.9 Å². The van der Waals surface area contributed by atoms with Gasteiger partial charge < -0.3 is 19.3 Å². The summed E-state index contributed by atoms with van der Waals surface area (Å²) in [6.45, 7) is 0.443. The largest absolute Gasteiger partial charge is 0.493 e. The highest BCUT2D eigenvalue weighted by atomic mass is 19.1. The summed E-state index contributed by atoms with van der Waals surface area (Å²) in [6, 6.07) is 14.2. The van der Waals surface area contributed by atoms with Crippen molar-refractivity contribution in [3.05, 3.63) is 82.5 Å². The van der Waals surface area contributed by atoms with E-state index < -0.39 is 5.60 Å². The van der Waals surface area contributed by atoms with Crippen LogP contribution >= 0.6 is 0 Å². The Kier molecular flexibility index (Phi) is 5.46. The van der Waals surface area contributed by atoms with E-state index in [1.165, 1.54) is 29.9 Å². The molecule has 0 bridgehead atoms. The fourth-order valence-electron chi connectivity index (χ4n) is 2.94. The van der Waals surface area contributed by atoms with Gasteiger partial charge in [-0.25, -0.2) is 4.39 Å². The zero-order valence-corrected chi connectivity index (χ0v) is 16.5. The molecule has 0 atom stereocenters. The Balaban J connectivity index is 1.47. The third-order valence-corrected chi connectivity index (χ3v) is 4.96. The van der Waals surface area contributed by atoms with Crippen LogP contribution < -0.4 is 19.8 Å². The Hall–Kier alpha value is -3.32. The molecule has 0 amide bonds. The lowest BCUT2D eigenvalue weighted by Gasteiger charge is -2.15. The second-order valence-electron chi connectivity index (χ2n) is 7.33. The molecule has 0 spiro atoms. The Morgan fingerprint density at radius 2 is 1.80 bits per heavy atom. The van der Waals surface area contributed by atoms with Crippen molar-refractivity contribution in [2.24, 2.45) is 0 Å². The maximum absolute atomic E-state index is 13.0. The van der Waals surface area contributed by atoms with E-state index in [4.69, 9.17) is 14.2 Å². The van der Waals surface area contributed by atoms with E-state index in [9.17, 15) is 14.3 Å². The molecule has 2 aromatic carbocycles. The number of hydrogen-bond donors (Lipinski definition) is 1. The van der Waals surface area contributed by atoms with Gasteiger partial charge in [0.25, 0.3) is 5.56 Å². The number of hydrogen-bond acceptors (Lipinski definition) is 5. The number of ether oxygens (including phenoxy) is 3. The minimum absolute atomic E-state index is 0.211. The van der Waals surface area contributed by atoms with E-state index in [2.05, 4.69) is 0 Å². The minimum Gasteiger partial charge on any atom is -0.493 e. The lowest BCUT2D eigenvalue weighted by atomic mass is 10.2. The van der Waals surface area contributed by atoms with Crippen LogP contribution in [0, 0.1) is 5.82 Å². The first-order chi connectivity index (χ1) is 14.5.